The highest BCUT2D eigenvalue weighted by molar-refractivity contribution is 7.99. The Labute approximate surface area is 112 Å². The lowest BCUT2D eigenvalue weighted by molar-refractivity contribution is 0.614. The molecule has 0 saturated carbocycles. The van der Waals surface area contributed by atoms with Gasteiger partial charge in [0.25, 0.3) is 0 Å². The Kier molecular flexibility index (Phi) is 4.99. The van der Waals surface area contributed by atoms with Crippen molar-refractivity contribution < 1.29 is 0 Å². The highest BCUT2D eigenvalue weighted by Crippen LogP contribution is 2.25. The third-order valence-electron chi connectivity index (χ3n) is 2.89. The Morgan fingerprint density at radius 3 is 3.00 bits per heavy atom. The zero-order chi connectivity index (χ0) is 12.8. The third kappa shape index (κ3) is 3.02. The number of nitrogens with two attached hydrogens (primary N) is 1. The second kappa shape index (κ2) is 6.73. The third-order valence-corrected chi connectivity index (χ3v) is 4.15. The molecule has 2 rings (SSSR count). The number of rotatable bonds is 6. The molecule has 96 valence electrons. The van der Waals surface area contributed by atoms with E-state index in [0.29, 0.717) is 0 Å². The van der Waals surface area contributed by atoms with Crippen LogP contribution < -0.4 is 11.3 Å². The Morgan fingerprint density at radius 2 is 2.22 bits per heavy atom. The van der Waals surface area contributed by atoms with Crippen LogP contribution in [0.2, 0.25) is 0 Å². The van der Waals surface area contributed by atoms with Gasteiger partial charge in [-0.3, -0.25) is 16.3 Å². The molecule has 1 atom stereocenters. The average molecular weight is 261 g/mol. The number of nitrogens with one attached hydrogen (secondary N) is 1. The predicted molar refractivity (Wildman–Crippen MR) is 79.4 cm³/mol. The van der Waals surface area contributed by atoms with E-state index in [9.17, 15) is 0 Å². The fourth-order valence-electron chi connectivity index (χ4n) is 2.00. The van der Waals surface area contributed by atoms with Gasteiger partial charge in [-0.2, -0.15) is 11.8 Å². The summed E-state index contributed by atoms with van der Waals surface area (Å²) in [6.45, 7) is 2.19. The van der Waals surface area contributed by atoms with Crippen molar-refractivity contribution in [3.8, 4) is 0 Å². The lowest BCUT2D eigenvalue weighted by Gasteiger charge is -2.17. The van der Waals surface area contributed by atoms with Gasteiger partial charge in [-0.1, -0.05) is 25.1 Å². The number of aromatic nitrogens is 1. The van der Waals surface area contributed by atoms with Crippen LogP contribution in [-0.2, 0) is 0 Å². The number of hydrazine groups is 1. The standard InChI is InChI=1S/C14H19N3S/c1-2-9-18-10-14(17-15)12-5-3-7-13-11(12)6-4-8-16-13/h3-8,14,17H,2,9-10,15H2,1H3. The molecule has 0 amide bonds. The molecule has 3 nitrogen and oxygen atoms in total. The van der Waals surface area contributed by atoms with E-state index < -0.39 is 0 Å². The average Bonchev–Trinajstić information content (AvgIpc) is 2.43. The molecule has 0 aliphatic carbocycles. The number of benzene rings is 1. The molecular weight excluding hydrogens is 242 g/mol. The first kappa shape index (κ1) is 13.3. The molecule has 4 heteroatoms. The zero-order valence-corrected chi connectivity index (χ0v) is 11.4. The quantitative estimate of drug-likeness (QED) is 0.477. The molecule has 0 spiro atoms. The maximum absolute atomic E-state index is 5.69. The summed E-state index contributed by atoms with van der Waals surface area (Å²) in [5.74, 6) is 7.85. The molecule has 0 saturated heterocycles. The lowest BCUT2D eigenvalue weighted by Crippen LogP contribution is -2.30. The minimum absolute atomic E-state index is 0.175. The molecule has 1 unspecified atom stereocenters. The number of hydrogen-bond acceptors (Lipinski definition) is 4. The van der Waals surface area contributed by atoms with Crippen LogP contribution >= 0.6 is 11.8 Å². The topological polar surface area (TPSA) is 50.9 Å². The van der Waals surface area contributed by atoms with Crippen LogP contribution in [0.3, 0.4) is 0 Å². The van der Waals surface area contributed by atoms with Gasteiger partial charge < -0.3 is 0 Å². The van der Waals surface area contributed by atoms with Crippen molar-refractivity contribution in [3.05, 3.63) is 42.1 Å². The van der Waals surface area contributed by atoms with E-state index in [1.807, 2.05) is 36.2 Å². The van der Waals surface area contributed by atoms with Crippen LogP contribution in [0.15, 0.2) is 36.5 Å². The van der Waals surface area contributed by atoms with E-state index in [0.717, 1.165) is 11.3 Å². The van der Waals surface area contributed by atoms with E-state index in [1.54, 1.807) is 0 Å². The van der Waals surface area contributed by atoms with Crippen molar-refractivity contribution in [2.75, 3.05) is 11.5 Å². The summed E-state index contributed by atoms with van der Waals surface area (Å²) in [6, 6.07) is 10.5. The minimum Gasteiger partial charge on any atom is -0.271 e. The van der Waals surface area contributed by atoms with Crippen LogP contribution in [0, 0.1) is 0 Å². The predicted octanol–water partition coefficient (Wildman–Crippen LogP) is 2.88. The van der Waals surface area contributed by atoms with Crippen LogP contribution in [0.25, 0.3) is 10.9 Å². The molecule has 1 aromatic carbocycles. The van der Waals surface area contributed by atoms with Gasteiger partial charge in [0.05, 0.1) is 11.6 Å². The van der Waals surface area contributed by atoms with E-state index in [1.165, 1.54) is 23.1 Å². The molecule has 0 aliphatic rings. The molecule has 0 fully saturated rings. The van der Waals surface area contributed by atoms with E-state index in [-0.39, 0.29) is 6.04 Å². The van der Waals surface area contributed by atoms with Gasteiger partial charge in [-0.15, -0.1) is 0 Å². The van der Waals surface area contributed by atoms with E-state index in [4.69, 9.17) is 5.84 Å². The Bertz CT molecular complexity index is 496. The van der Waals surface area contributed by atoms with E-state index >= 15 is 0 Å². The molecule has 0 radical (unpaired) electrons. The largest absolute Gasteiger partial charge is 0.271 e. The summed E-state index contributed by atoms with van der Waals surface area (Å²) in [4.78, 5) is 4.38. The van der Waals surface area contributed by atoms with Crippen molar-refractivity contribution in [2.24, 2.45) is 5.84 Å². The number of thioether (sulfide) groups is 1. The molecular formula is C14H19N3S. The van der Waals surface area contributed by atoms with Gasteiger partial charge in [0.15, 0.2) is 0 Å². The maximum atomic E-state index is 5.69. The van der Waals surface area contributed by atoms with E-state index in [2.05, 4.69) is 29.5 Å². The SMILES string of the molecule is CCCSCC(NN)c1cccc2ncccc12. The van der Waals surface area contributed by atoms with Crippen molar-refractivity contribution in [2.45, 2.75) is 19.4 Å². The number of pyridine rings is 1. The van der Waals surface area contributed by atoms with Crippen molar-refractivity contribution in [1.82, 2.24) is 10.4 Å². The fraction of sp³-hybridized carbons (Fsp3) is 0.357. The Morgan fingerprint density at radius 1 is 1.33 bits per heavy atom. The second-order valence-electron chi connectivity index (χ2n) is 4.21. The summed E-state index contributed by atoms with van der Waals surface area (Å²) in [7, 11) is 0. The Balaban J connectivity index is 2.27. The summed E-state index contributed by atoms with van der Waals surface area (Å²) < 4.78 is 0. The van der Waals surface area contributed by atoms with Crippen LogP contribution in [0.4, 0.5) is 0 Å². The highest BCUT2D eigenvalue weighted by Gasteiger charge is 2.12. The molecule has 1 heterocycles. The first-order valence-corrected chi connectivity index (χ1v) is 7.39. The van der Waals surface area contributed by atoms with Gasteiger partial charge in [0, 0.05) is 17.3 Å². The number of nitrogens with zero attached hydrogens (tertiary/aromatic N) is 1. The highest BCUT2D eigenvalue weighted by atomic mass is 32.2. The lowest BCUT2D eigenvalue weighted by atomic mass is 10.0. The molecule has 0 aliphatic heterocycles. The molecule has 3 N–H and O–H groups in total. The normalized spacial score (nSPS) is 12.8. The van der Waals surface area contributed by atoms with Gasteiger partial charge >= 0.3 is 0 Å². The maximum Gasteiger partial charge on any atom is 0.0705 e. The molecule has 0 bridgehead atoms. The second-order valence-corrected chi connectivity index (χ2v) is 5.36. The molecule has 2 aromatic rings. The first-order chi connectivity index (χ1) is 8.86. The van der Waals surface area contributed by atoms with Gasteiger partial charge in [-0.25, -0.2) is 0 Å². The fourth-order valence-corrected chi connectivity index (χ4v) is 2.97. The summed E-state index contributed by atoms with van der Waals surface area (Å²) in [5.41, 5.74) is 5.17. The smallest absolute Gasteiger partial charge is 0.0705 e. The molecule has 18 heavy (non-hydrogen) atoms. The van der Waals surface area contributed by atoms with Gasteiger partial charge in [0.1, 0.15) is 0 Å². The van der Waals surface area contributed by atoms with Gasteiger partial charge in [-0.05, 0) is 29.9 Å². The monoisotopic (exact) mass is 261 g/mol. The minimum atomic E-state index is 0.175. The summed E-state index contributed by atoms with van der Waals surface area (Å²) >= 11 is 1.93. The number of fused-ring (bicyclic) bond motifs is 1. The first-order valence-electron chi connectivity index (χ1n) is 6.24. The summed E-state index contributed by atoms with van der Waals surface area (Å²) in [6.07, 6.45) is 3.02. The Hall–Kier alpha value is -1.10. The van der Waals surface area contributed by atoms with Crippen molar-refractivity contribution in [3.63, 3.8) is 0 Å². The van der Waals surface area contributed by atoms with Gasteiger partial charge in [0.2, 0.25) is 0 Å². The number of hydrogen-bond donors (Lipinski definition) is 2. The summed E-state index contributed by atoms with van der Waals surface area (Å²) in [5, 5.41) is 1.18. The van der Waals surface area contributed by atoms with Crippen LogP contribution in [0.1, 0.15) is 24.9 Å². The van der Waals surface area contributed by atoms with Crippen LogP contribution in [0.5, 0.6) is 0 Å². The van der Waals surface area contributed by atoms with Crippen LogP contribution in [-0.4, -0.2) is 16.5 Å². The van der Waals surface area contributed by atoms with Crippen molar-refractivity contribution >= 4 is 22.7 Å². The molecule has 1 aromatic heterocycles. The van der Waals surface area contributed by atoms with Crippen molar-refractivity contribution in [1.29, 1.82) is 0 Å². The zero-order valence-electron chi connectivity index (χ0n) is 10.6.